The Labute approximate surface area is 774 Å². The number of fused-ring (bicyclic) bond motifs is 6. The van der Waals surface area contributed by atoms with Crippen LogP contribution in [0.2, 0.25) is 0 Å². The fraction of sp³-hybridized carbons (Fsp3) is 0.597. The second-order valence-electron chi connectivity index (χ2n) is 31.6. The molecule has 774 valence electrons. The van der Waals surface area contributed by atoms with Gasteiger partial charge in [0.15, 0.2) is 0 Å². The molecule has 135 heavy (non-hydrogen) atoms. The lowest BCUT2D eigenvalue weighted by molar-refractivity contribution is 0.148. The van der Waals surface area contributed by atoms with Gasteiger partial charge in [-0.25, -0.2) is 0 Å². The van der Waals surface area contributed by atoms with Crippen LogP contribution in [0.4, 0.5) is 0 Å². The Morgan fingerprint density at radius 2 is 0.407 bits per heavy atom. The van der Waals surface area contributed by atoms with Crippen molar-refractivity contribution in [3.8, 4) is 0 Å². The predicted molar refractivity (Wildman–Crippen MR) is 482 cm³/mol. The van der Waals surface area contributed by atoms with E-state index in [0.29, 0.717) is 72.6 Å². The minimum Gasteiger partial charge on any atom is -0.324 e. The molecular weight excluding hydrogens is 2090 g/mol. The van der Waals surface area contributed by atoms with E-state index in [4.69, 9.17) is 58.7 Å². The summed E-state index contributed by atoms with van der Waals surface area (Å²) in [5.41, 5.74) is 4.16. The Morgan fingerprint density at radius 3 is 0.615 bits per heavy atom. The largest absolute Gasteiger partial charge is 0.339 e. The molecule has 28 N–H and O–H groups in total. The molecule has 73 heteroatoms. The van der Waals surface area contributed by atoms with Crippen LogP contribution in [0.5, 0.6) is 0 Å². The van der Waals surface area contributed by atoms with Crippen molar-refractivity contribution < 1.29 is 201 Å². The van der Waals surface area contributed by atoms with E-state index in [1.807, 2.05) is 11.8 Å². The van der Waals surface area contributed by atoms with Crippen LogP contribution in [0.3, 0.4) is 0 Å². The van der Waals surface area contributed by atoms with Crippen LogP contribution in [0, 0.1) is 0 Å². The molecule has 0 amide bonds. The normalized spacial score (nSPS) is 17.3. The van der Waals surface area contributed by atoms with E-state index in [9.17, 15) is 142 Å². The van der Waals surface area contributed by atoms with Crippen molar-refractivity contribution in [3.63, 3.8) is 0 Å². The molecule has 0 saturated carbocycles. The van der Waals surface area contributed by atoms with Gasteiger partial charge in [0, 0.05) is 144 Å². The van der Waals surface area contributed by atoms with Crippen molar-refractivity contribution in [2.75, 3.05) is 173 Å². The summed E-state index contributed by atoms with van der Waals surface area (Å²) in [6, 6.07) is 24.7. The lowest BCUT2D eigenvalue weighted by atomic mass is 10.2. The topological polar surface area (TPSA) is 909 Å². The van der Waals surface area contributed by atoms with Crippen molar-refractivity contribution in [1.82, 2.24) is 83.7 Å². The lowest BCUT2D eigenvalue weighted by Crippen LogP contribution is -2.46. The average molecular weight is 2210 g/mol. The molecule has 3 aliphatic heterocycles. The van der Waals surface area contributed by atoms with Crippen LogP contribution >= 0.6 is 106 Å². The molecule has 0 spiro atoms. The van der Waals surface area contributed by atoms with E-state index in [1.54, 1.807) is 92.4 Å². The van der Waals surface area contributed by atoms with Crippen molar-refractivity contribution in [1.29, 1.82) is 0 Å². The first-order valence-corrected chi connectivity index (χ1v) is 64.6. The molecule has 5 aromatic rings. The Bertz CT molecular complexity index is 4910. The van der Waals surface area contributed by atoms with Gasteiger partial charge in [0.1, 0.15) is 88.0 Å². The molecule has 6 bridgehead atoms. The Morgan fingerprint density at radius 1 is 0.222 bits per heavy atom. The molecule has 0 atom stereocenters. The predicted octanol–water partition coefficient (Wildman–Crippen LogP) is -1.51. The first kappa shape index (κ1) is 125. The van der Waals surface area contributed by atoms with Gasteiger partial charge in [0.05, 0.1) is 51.2 Å². The third-order valence-corrected chi connectivity index (χ3v) is 28.6. The summed E-state index contributed by atoms with van der Waals surface area (Å²) in [6.45, 7) is 5.63. The van der Waals surface area contributed by atoms with Crippen molar-refractivity contribution >= 4 is 106 Å². The van der Waals surface area contributed by atoms with Crippen LogP contribution < -0.4 is 0 Å². The molecule has 8 heterocycles. The molecule has 0 radical (unpaired) electrons. The van der Waals surface area contributed by atoms with Gasteiger partial charge in [0.2, 0.25) is 0 Å². The SMILES string of the molecule is CCN1CCN(CP(=O)(O)O)CCN(CP(=O)(O)O)CCN(CP(=O)(O)O)CC1.O=P(O)(O)CN(Cc1cccc(CN(CP(=O)(O)O)CP(=O)(O)O)n1)CP(=O)(O)O.O=P(O)(O)CN(Cc1ccccn1)CP(=O)(O)O.O=P(O)(O)CN1CCN(CP(=O)(O)O)Cc2cccc(n2)CN(CP(=O)(O)O)CC1.O=P(O)(O)CN1Cc2cccc(n2)CN(CP(=O)(O)O)Cc2cccc(n2)C1. The van der Waals surface area contributed by atoms with Gasteiger partial charge < -0.3 is 142 Å². The highest BCUT2D eigenvalue weighted by atomic mass is 31.2. The van der Waals surface area contributed by atoms with Gasteiger partial charge in [0.25, 0.3) is 0 Å². The van der Waals surface area contributed by atoms with Gasteiger partial charge in [-0.15, -0.1) is 0 Å². The summed E-state index contributed by atoms with van der Waals surface area (Å²) in [7, 11) is -62.1. The van der Waals surface area contributed by atoms with E-state index < -0.39 is 194 Å². The van der Waals surface area contributed by atoms with Gasteiger partial charge in [-0.3, -0.25) is 143 Å². The van der Waals surface area contributed by atoms with Crippen LogP contribution in [0.25, 0.3) is 0 Å². The minimum absolute atomic E-state index is 0.0446. The standard InChI is InChI=1S/C16H22N4O6P2.C14H27N4O9P3.C13H33N4O9P3.C11H23N3O12P4.C8H14N2O6P2/c21-27(22,23)11-19-7-13-3-1-4-14(17-13)8-20(12-28(24,25)26)10-16-6-2-5-15(9-19)18-16;19-28(20,21)10-16-4-6-17(11-29(22,23)24)8-13-2-1-3-14(15-13)9-18(7-5-16)12-30(25,26)27;1-2-14-3-5-15(11-27(18,19)20)7-9-17(13-29(24,25)26)10-8-16(6-4-14)12-28(21,22)23;15-27(16,17)6-13(7-28(18,19)20)4-10-2-1-3-11(12-10)5-14(8-29(21,22)23)9-30(24,25)26;11-17(12,13)6-10(7-18(14,15)16)5-8-3-1-2-4-9-8/h1-6H,7-12H2,(H2,21,22,23)(H2,24,25,26);1-3H,4-12H2,(H2,19,20,21)(H2,22,23,24)(H2,25,26,27);2-13H2,1H3,(H2,18,19,20)(H2,21,22,23)(H2,24,25,26);1-3H,4-9H2,(H2,15,16,17)(H2,18,19,20)(H2,21,22,23)(H2,24,25,26);1-4H,5-7H2,(H2,11,12,13)(H2,14,15,16). The van der Waals surface area contributed by atoms with E-state index >= 15 is 0 Å². The number of hydrogen-bond donors (Lipinski definition) is 28. The van der Waals surface area contributed by atoms with Crippen molar-refractivity contribution in [2.45, 2.75) is 65.8 Å². The second kappa shape index (κ2) is 55.1. The molecule has 5 aromatic heterocycles. The van der Waals surface area contributed by atoms with Crippen molar-refractivity contribution in [2.24, 2.45) is 0 Å². The maximum Gasteiger partial charge on any atom is 0.339 e. The van der Waals surface area contributed by atoms with E-state index in [0.717, 1.165) is 14.7 Å². The first-order chi connectivity index (χ1) is 61.4. The zero-order chi connectivity index (χ0) is 102. The monoisotopic (exact) mass is 2210 g/mol. The molecule has 1 fully saturated rings. The molecule has 59 nitrogen and oxygen atoms in total. The first-order valence-electron chi connectivity index (χ1n) is 39.4. The third kappa shape index (κ3) is 65.4. The number of nitrogens with zero attached hydrogens (tertiary/aromatic N) is 17. The smallest absolute Gasteiger partial charge is 0.324 e. The number of rotatable bonds is 35. The Balaban J connectivity index is 0.000000356. The van der Waals surface area contributed by atoms with E-state index in [-0.39, 0.29) is 123 Å². The number of pyridine rings is 5. The quantitative estimate of drug-likeness (QED) is 0.0205. The fourth-order valence-electron chi connectivity index (χ4n) is 13.3. The molecule has 8 rings (SSSR count). The zero-order valence-electron chi connectivity index (χ0n) is 72.3. The third-order valence-electron chi connectivity index (χ3n) is 17.9. The summed E-state index contributed by atoms with van der Waals surface area (Å²) in [5, 5.41) is 0. The second-order valence-corrected chi connectivity index (χ2v) is 54.1. The number of hydrogen-bond acceptors (Lipinski definition) is 31. The van der Waals surface area contributed by atoms with E-state index in [1.165, 1.54) is 44.0 Å². The fourth-order valence-corrected chi connectivity index (χ4v) is 24.3. The van der Waals surface area contributed by atoms with Crippen LogP contribution in [0.15, 0.2) is 97.2 Å². The summed E-state index contributed by atoms with van der Waals surface area (Å²) in [5.74, 6) is 0. The van der Waals surface area contributed by atoms with E-state index in [2.05, 4.69) is 24.9 Å². The summed E-state index contributed by atoms with van der Waals surface area (Å²) in [4.78, 5) is 296. The van der Waals surface area contributed by atoms with Gasteiger partial charge >= 0.3 is 106 Å². The summed E-state index contributed by atoms with van der Waals surface area (Å²) < 4.78 is 159. The van der Waals surface area contributed by atoms with Gasteiger partial charge in [-0.1, -0.05) is 37.3 Å². The number of likely N-dealkylation sites (N-methyl/N-ethyl adjacent to an activating group) is 1. The maximum absolute atomic E-state index is 11.5. The van der Waals surface area contributed by atoms with Gasteiger partial charge in [-0.05, 0) is 67.2 Å². The molecule has 1 saturated heterocycles. The number of aromatic nitrogens is 5. The van der Waals surface area contributed by atoms with Crippen LogP contribution in [-0.2, 0) is 123 Å². The summed E-state index contributed by atoms with van der Waals surface area (Å²) >= 11 is 0. The van der Waals surface area contributed by atoms with Crippen LogP contribution in [-0.4, -0.2) is 394 Å². The van der Waals surface area contributed by atoms with Crippen molar-refractivity contribution in [3.05, 3.63) is 148 Å². The highest BCUT2D eigenvalue weighted by Gasteiger charge is 2.35. The highest BCUT2D eigenvalue weighted by molar-refractivity contribution is 7.55. The molecule has 0 aliphatic carbocycles. The highest BCUT2D eigenvalue weighted by Crippen LogP contribution is 2.47. The molecule has 0 aromatic carbocycles. The Kier molecular flexibility index (Phi) is 50.8. The molecular formula is C62H119N17O42P14. The van der Waals surface area contributed by atoms with Gasteiger partial charge in [-0.2, -0.15) is 0 Å². The zero-order valence-corrected chi connectivity index (χ0v) is 84.8. The minimum atomic E-state index is -4.65. The summed E-state index contributed by atoms with van der Waals surface area (Å²) in [6.07, 6.45) is -7.70. The lowest BCUT2D eigenvalue weighted by Gasteiger charge is -2.34. The molecule has 0 unspecified atom stereocenters. The Hall–Kier alpha value is -2.63. The van der Waals surface area contributed by atoms with Crippen LogP contribution in [0.1, 0.15) is 58.2 Å². The molecule has 3 aliphatic rings. The average Bonchev–Trinajstić information content (AvgIpc) is 0.824. The maximum atomic E-state index is 11.5.